The van der Waals surface area contributed by atoms with Crippen molar-refractivity contribution in [1.29, 1.82) is 0 Å². The summed E-state index contributed by atoms with van der Waals surface area (Å²) in [5.41, 5.74) is 0.509. The molecule has 0 aliphatic carbocycles. The van der Waals surface area contributed by atoms with Crippen molar-refractivity contribution in [2.24, 2.45) is 0 Å². The molecule has 0 bridgehead atoms. The minimum Gasteiger partial charge on any atom is -0.391 e. The first-order valence-electron chi connectivity index (χ1n) is 7.43. The molecule has 1 aliphatic heterocycles. The zero-order valence-corrected chi connectivity index (χ0v) is 12.8. The van der Waals surface area contributed by atoms with Crippen molar-refractivity contribution >= 4 is 5.91 Å². The van der Waals surface area contributed by atoms with Crippen molar-refractivity contribution in [2.75, 3.05) is 6.54 Å². The molecule has 5 nitrogen and oxygen atoms in total. The highest BCUT2D eigenvalue weighted by Gasteiger charge is 2.38. The predicted octanol–water partition coefficient (Wildman–Crippen LogP) is 2.69. The fourth-order valence-electron chi connectivity index (χ4n) is 3.00. The first kappa shape index (κ1) is 16.5. The number of halogens is 3. The lowest BCUT2D eigenvalue weighted by molar-refractivity contribution is -0.137. The Balaban J connectivity index is 1.94. The van der Waals surface area contributed by atoms with Crippen LogP contribution in [0.25, 0.3) is 0 Å². The van der Waals surface area contributed by atoms with Gasteiger partial charge in [0, 0.05) is 12.2 Å². The van der Waals surface area contributed by atoms with Gasteiger partial charge in [-0.25, -0.2) is 0 Å². The van der Waals surface area contributed by atoms with Gasteiger partial charge in [0.15, 0.2) is 0 Å². The van der Waals surface area contributed by atoms with Crippen LogP contribution >= 0.6 is 0 Å². The van der Waals surface area contributed by atoms with E-state index in [2.05, 4.69) is 10.2 Å². The molecule has 3 rings (SSSR count). The number of hydrogen-bond donors (Lipinski definition) is 2. The summed E-state index contributed by atoms with van der Waals surface area (Å²) < 4.78 is 38.8. The number of nitrogens with zero attached hydrogens (tertiary/aromatic N) is 2. The number of aromatic nitrogens is 2. The highest BCUT2D eigenvalue weighted by Crippen LogP contribution is 2.37. The summed E-state index contributed by atoms with van der Waals surface area (Å²) in [5, 5.41) is 16.4. The van der Waals surface area contributed by atoms with E-state index in [0.29, 0.717) is 16.8 Å². The molecule has 2 aromatic rings. The summed E-state index contributed by atoms with van der Waals surface area (Å²) in [6, 6.07) is 4.27. The topological polar surface area (TPSA) is 69.2 Å². The average molecular weight is 339 g/mol. The molecule has 24 heavy (non-hydrogen) atoms. The number of carbonyl (C=O) groups is 1. The van der Waals surface area contributed by atoms with Crippen LogP contribution in [0.15, 0.2) is 30.5 Å². The van der Waals surface area contributed by atoms with Gasteiger partial charge in [0.2, 0.25) is 0 Å². The number of H-pyrrole nitrogens is 1. The lowest BCUT2D eigenvalue weighted by atomic mass is 10.0. The number of alkyl halides is 3. The molecule has 2 heterocycles. The van der Waals surface area contributed by atoms with E-state index >= 15 is 0 Å². The third-order valence-corrected chi connectivity index (χ3v) is 4.20. The summed E-state index contributed by atoms with van der Waals surface area (Å²) >= 11 is 0. The summed E-state index contributed by atoms with van der Waals surface area (Å²) in [4.78, 5) is 14.1. The number of aliphatic hydroxyl groups excluding tert-OH is 1. The molecule has 0 spiro atoms. The van der Waals surface area contributed by atoms with Gasteiger partial charge in [-0.15, -0.1) is 0 Å². The Hall–Kier alpha value is -2.35. The maximum absolute atomic E-state index is 12.9. The summed E-state index contributed by atoms with van der Waals surface area (Å²) in [6.07, 6.45) is -3.65. The van der Waals surface area contributed by atoms with E-state index in [0.717, 1.165) is 12.1 Å². The van der Waals surface area contributed by atoms with Crippen molar-refractivity contribution in [1.82, 2.24) is 15.1 Å². The van der Waals surface area contributed by atoms with E-state index in [1.165, 1.54) is 17.2 Å². The maximum atomic E-state index is 12.9. The van der Waals surface area contributed by atoms with Gasteiger partial charge in [-0.05, 0) is 31.0 Å². The number of likely N-dealkylation sites (tertiary alicyclic amines) is 1. The third kappa shape index (κ3) is 3.01. The van der Waals surface area contributed by atoms with Crippen molar-refractivity contribution in [3.05, 3.63) is 52.8 Å². The van der Waals surface area contributed by atoms with Crippen LogP contribution in [0.4, 0.5) is 13.2 Å². The van der Waals surface area contributed by atoms with Crippen molar-refractivity contribution in [2.45, 2.75) is 31.7 Å². The van der Waals surface area contributed by atoms with Crippen molar-refractivity contribution in [3.8, 4) is 0 Å². The van der Waals surface area contributed by atoms with Crippen molar-refractivity contribution in [3.63, 3.8) is 0 Å². The molecule has 0 saturated carbocycles. The van der Waals surface area contributed by atoms with Crippen LogP contribution < -0.4 is 0 Å². The van der Waals surface area contributed by atoms with Gasteiger partial charge >= 0.3 is 6.18 Å². The Morgan fingerprint density at radius 1 is 1.42 bits per heavy atom. The van der Waals surface area contributed by atoms with E-state index in [-0.39, 0.29) is 18.9 Å². The molecule has 1 aliphatic rings. The van der Waals surface area contributed by atoms with Gasteiger partial charge < -0.3 is 10.0 Å². The lowest BCUT2D eigenvalue weighted by Gasteiger charge is -2.25. The lowest BCUT2D eigenvalue weighted by Crippen LogP contribution is -2.32. The second-order valence-electron chi connectivity index (χ2n) is 5.89. The molecular formula is C16H16F3N3O2. The largest absolute Gasteiger partial charge is 0.416 e. The van der Waals surface area contributed by atoms with E-state index in [1.54, 1.807) is 13.0 Å². The van der Waals surface area contributed by atoms with Gasteiger partial charge in [0.1, 0.15) is 0 Å². The highest BCUT2D eigenvalue weighted by molar-refractivity contribution is 5.95. The number of hydrogen-bond acceptors (Lipinski definition) is 3. The number of amides is 1. The summed E-state index contributed by atoms with van der Waals surface area (Å²) in [7, 11) is 0. The maximum Gasteiger partial charge on any atom is 0.416 e. The minimum absolute atomic E-state index is 0.0738. The fraction of sp³-hybridized carbons (Fsp3) is 0.375. The van der Waals surface area contributed by atoms with Crippen LogP contribution in [0.1, 0.15) is 39.6 Å². The van der Waals surface area contributed by atoms with E-state index < -0.39 is 23.9 Å². The number of rotatable bonds is 2. The molecule has 8 heteroatoms. The molecule has 0 unspecified atom stereocenters. The van der Waals surface area contributed by atoms with Gasteiger partial charge in [-0.2, -0.15) is 18.3 Å². The molecular weight excluding hydrogens is 323 g/mol. The number of β-amino-alcohol motifs (C(OH)–C–C–N with tert-alkyl or cyclic N) is 1. The van der Waals surface area contributed by atoms with Gasteiger partial charge in [-0.1, -0.05) is 12.1 Å². The van der Waals surface area contributed by atoms with Crippen LogP contribution in [-0.2, 0) is 6.18 Å². The Labute approximate surface area is 136 Å². The van der Waals surface area contributed by atoms with Gasteiger partial charge in [-0.3, -0.25) is 9.89 Å². The predicted molar refractivity (Wildman–Crippen MR) is 79.2 cm³/mol. The summed E-state index contributed by atoms with van der Waals surface area (Å²) in [5.74, 6) is -0.361. The Bertz CT molecular complexity index is 757. The standard InChI is InChI=1S/C16H16F3N3O2/c1-9-13(7-20-21-9)15(24)22-8-12(23)6-14(22)10-3-2-4-11(5-10)16(17,18)19/h2-5,7,12,14,23H,6,8H2,1H3,(H,20,21)/t12-,14-/m1/s1. The number of nitrogens with one attached hydrogen (secondary N) is 1. The number of aliphatic hydroxyl groups is 1. The third-order valence-electron chi connectivity index (χ3n) is 4.20. The zero-order valence-electron chi connectivity index (χ0n) is 12.8. The highest BCUT2D eigenvalue weighted by atomic mass is 19.4. The minimum atomic E-state index is -4.46. The monoisotopic (exact) mass is 339 g/mol. The zero-order chi connectivity index (χ0) is 17.5. The molecule has 1 aromatic carbocycles. The van der Waals surface area contributed by atoms with Gasteiger partial charge in [0.05, 0.1) is 29.5 Å². The molecule has 128 valence electrons. The number of carbonyl (C=O) groups excluding carboxylic acids is 1. The van der Waals surface area contributed by atoms with Crippen molar-refractivity contribution < 1.29 is 23.1 Å². The first-order chi connectivity index (χ1) is 11.3. The average Bonchev–Trinajstić information content (AvgIpc) is 3.12. The molecule has 1 aromatic heterocycles. The smallest absolute Gasteiger partial charge is 0.391 e. The Morgan fingerprint density at radius 2 is 2.17 bits per heavy atom. The molecule has 0 radical (unpaired) electrons. The van der Waals surface area contributed by atoms with Crippen LogP contribution in [0.3, 0.4) is 0 Å². The number of aromatic amines is 1. The second kappa shape index (κ2) is 5.94. The van der Waals surface area contributed by atoms with E-state index in [9.17, 15) is 23.1 Å². The normalized spacial score (nSPS) is 21.3. The number of benzene rings is 1. The SMILES string of the molecule is Cc1[nH]ncc1C(=O)N1C[C@H](O)C[C@@H]1c1cccc(C(F)(F)F)c1. The van der Waals surface area contributed by atoms with E-state index in [1.807, 2.05) is 0 Å². The quantitative estimate of drug-likeness (QED) is 0.884. The second-order valence-corrected chi connectivity index (χ2v) is 5.89. The van der Waals surface area contributed by atoms with Crippen LogP contribution in [0.5, 0.6) is 0 Å². The molecule has 2 N–H and O–H groups in total. The first-order valence-corrected chi connectivity index (χ1v) is 7.43. The molecule has 2 atom stereocenters. The molecule has 1 fully saturated rings. The fourth-order valence-corrected chi connectivity index (χ4v) is 3.00. The van der Waals surface area contributed by atoms with Crippen LogP contribution in [0.2, 0.25) is 0 Å². The Morgan fingerprint density at radius 3 is 2.79 bits per heavy atom. The Kier molecular flexibility index (Phi) is 4.08. The summed E-state index contributed by atoms with van der Waals surface area (Å²) in [6.45, 7) is 1.76. The van der Waals surface area contributed by atoms with Crippen LogP contribution in [-0.4, -0.2) is 38.8 Å². The number of aryl methyl sites for hydroxylation is 1. The van der Waals surface area contributed by atoms with Gasteiger partial charge in [0.25, 0.3) is 5.91 Å². The van der Waals surface area contributed by atoms with E-state index in [4.69, 9.17) is 0 Å². The molecule has 1 amide bonds. The van der Waals surface area contributed by atoms with Crippen LogP contribution in [0, 0.1) is 6.92 Å². The molecule has 1 saturated heterocycles.